The molecule has 106 valence electrons. The zero-order valence-corrected chi connectivity index (χ0v) is 12.7. The molecule has 2 aromatic rings. The summed E-state index contributed by atoms with van der Waals surface area (Å²) in [5.74, 6) is 0.808. The Kier molecular flexibility index (Phi) is 4.74. The Hall–Kier alpha value is -1.88. The number of hydrogen-bond donors (Lipinski definition) is 0. The van der Waals surface area contributed by atoms with E-state index in [0.717, 1.165) is 17.7 Å². The molecule has 0 aliphatic heterocycles. The van der Waals surface area contributed by atoms with Crippen LogP contribution in [0.4, 0.5) is 0 Å². The Morgan fingerprint density at radius 3 is 2.85 bits per heavy atom. The first-order valence-corrected chi connectivity index (χ1v) is 7.35. The van der Waals surface area contributed by atoms with Crippen LogP contribution < -0.4 is 4.74 Å². The minimum absolute atomic E-state index is 0.0475. The van der Waals surface area contributed by atoms with Crippen LogP contribution in [0.5, 0.6) is 5.75 Å². The fourth-order valence-corrected chi connectivity index (χ4v) is 2.55. The van der Waals surface area contributed by atoms with Gasteiger partial charge in [-0.15, -0.1) is 11.3 Å². The number of ether oxygens (including phenoxy) is 1. The first-order chi connectivity index (χ1) is 9.63. The van der Waals surface area contributed by atoms with Crippen molar-refractivity contribution in [2.24, 2.45) is 0 Å². The highest BCUT2D eigenvalue weighted by molar-refractivity contribution is 7.07. The number of amides is 1. The van der Waals surface area contributed by atoms with Crippen LogP contribution in [-0.2, 0) is 6.42 Å². The van der Waals surface area contributed by atoms with Gasteiger partial charge in [0.1, 0.15) is 11.4 Å². The van der Waals surface area contributed by atoms with E-state index in [2.05, 4.69) is 4.98 Å². The number of hydrogen-bond acceptors (Lipinski definition) is 4. The summed E-state index contributed by atoms with van der Waals surface area (Å²) in [7, 11) is 3.47. The van der Waals surface area contributed by atoms with Gasteiger partial charge in [0, 0.05) is 18.5 Å². The van der Waals surface area contributed by atoms with Crippen molar-refractivity contribution < 1.29 is 9.53 Å². The van der Waals surface area contributed by atoms with Crippen LogP contribution in [0.1, 0.15) is 23.0 Å². The normalized spacial score (nSPS) is 11.9. The fourth-order valence-electron chi connectivity index (χ4n) is 2.03. The van der Waals surface area contributed by atoms with E-state index in [4.69, 9.17) is 4.74 Å². The number of benzene rings is 1. The molecule has 0 saturated heterocycles. The highest BCUT2D eigenvalue weighted by atomic mass is 32.1. The third kappa shape index (κ3) is 3.17. The number of methoxy groups -OCH3 is 1. The molecule has 1 heterocycles. The average Bonchev–Trinajstić information content (AvgIpc) is 3.00. The lowest BCUT2D eigenvalue weighted by molar-refractivity contribution is 0.0738. The lowest BCUT2D eigenvalue weighted by Crippen LogP contribution is -2.36. The van der Waals surface area contributed by atoms with Crippen molar-refractivity contribution in [3.63, 3.8) is 0 Å². The second kappa shape index (κ2) is 6.52. The minimum atomic E-state index is -0.0475. The van der Waals surface area contributed by atoms with Gasteiger partial charge in [0.15, 0.2) is 0 Å². The van der Waals surface area contributed by atoms with Gasteiger partial charge in [0.2, 0.25) is 0 Å². The van der Waals surface area contributed by atoms with Crippen LogP contribution >= 0.6 is 11.3 Å². The largest absolute Gasteiger partial charge is 0.496 e. The topological polar surface area (TPSA) is 42.4 Å². The average molecular weight is 290 g/mol. The third-order valence-electron chi connectivity index (χ3n) is 3.34. The maximum Gasteiger partial charge on any atom is 0.273 e. The molecule has 1 unspecified atom stereocenters. The summed E-state index contributed by atoms with van der Waals surface area (Å²) in [6, 6.07) is 7.95. The highest BCUT2D eigenvalue weighted by Gasteiger charge is 2.20. The molecule has 0 aliphatic rings. The van der Waals surface area contributed by atoms with Crippen molar-refractivity contribution in [3.05, 3.63) is 46.4 Å². The van der Waals surface area contributed by atoms with Crippen LogP contribution in [0, 0.1) is 0 Å². The SMILES string of the molecule is COc1ccccc1CC(C)N(C)C(=O)c1cscn1. The Morgan fingerprint density at radius 2 is 2.20 bits per heavy atom. The van der Waals surface area contributed by atoms with Crippen LogP contribution in [0.15, 0.2) is 35.2 Å². The molecular formula is C15H18N2O2S. The number of nitrogens with zero attached hydrogens (tertiary/aromatic N) is 2. The maximum absolute atomic E-state index is 12.2. The van der Waals surface area contributed by atoms with E-state index in [9.17, 15) is 4.79 Å². The van der Waals surface area contributed by atoms with Gasteiger partial charge in [-0.2, -0.15) is 0 Å². The number of aromatic nitrogens is 1. The standard InChI is InChI=1S/C15H18N2O2S/c1-11(8-12-6-4-5-7-14(12)19-3)17(2)15(18)13-9-20-10-16-13/h4-7,9-11H,8H2,1-3H3. The van der Waals surface area contributed by atoms with Crippen molar-refractivity contribution >= 4 is 17.2 Å². The predicted molar refractivity (Wildman–Crippen MR) is 80.4 cm³/mol. The monoisotopic (exact) mass is 290 g/mol. The Bertz CT molecular complexity index is 569. The number of thiazole rings is 1. The minimum Gasteiger partial charge on any atom is -0.496 e. The molecule has 0 saturated carbocycles. The van der Waals surface area contributed by atoms with Crippen molar-refractivity contribution in [1.82, 2.24) is 9.88 Å². The lowest BCUT2D eigenvalue weighted by atomic mass is 10.0. The number of rotatable bonds is 5. The van der Waals surface area contributed by atoms with Crippen LogP contribution in [0.3, 0.4) is 0 Å². The molecule has 5 heteroatoms. The lowest BCUT2D eigenvalue weighted by Gasteiger charge is -2.25. The zero-order chi connectivity index (χ0) is 14.5. The van der Waals surface area contributed by atoms with Gasteiger partial charge in [0.25, 0.3) is 5.91 Å². The van der Waals surface area contributed by atoms with E-state index in [-0.39, 0.29) is 11.9 Å². The second-order valence-electron chi connectivity index (χ2n) is 4.65. The van der Waals surface area contributed by atoms with Crippen molar-refractivity contribution in [3.8, 4) is 5.75 Å². The molecule has 0 radical (unpaired) electrons. The van der Waals surface area contributed by atoms with Gasteiger partial charge >= 0.3 is 0 Å². The van der Waals surface area contributed by atoms with E-state index in [1.54, 1.807) is 22.9 Å². The molecule has 0 fully saturated rings. The Balaban J connectivity index is 2.08. The van der Waals surface area contributed by atoms with Gasteiger partial charge in [-0.25, -0.2) is 4.98 Å². The summed E-state index contributed by atoms with van der Waals surface area (Å²) in [5.41, 5.74) is 3.27. The molecule has 1 aromatic carbocycles. The molecule has 1 aromatic heterocycles. The first kappa shape index (κ1) is 14.5. The van der Waals surface area contributed by atoms with Crippen molar-refractivity contribution in [2.45, 2.75) is 19.4 Å². The van der Waals surface area contributed by atoms with Crippen molar-refractivity contribution in [2.75, 3.05) is 14.2 Å². The first-order valence-electron chi connectivity index (χ1n) is 6.40. The quantitative estimate of drug-likeness (QED) is 0.850. The summed E-state index contributed by atoms with van der Waals surface area (Å²) in [6.07, 6.45) is 0.746. The number of carbonyl (C=O) groups excluding carboxylic acids is 1. The highest BCUT2D eigenvalue weighted by Crippen LogP contribution is 2.20. The van der Waals surface area contributed by atoms with Crippen molar-refractivity contribution in [1.29, 1.82) is 0 Å². The summed E-state index contributed by atoms with van der Waals surface area (Å²) < 4.78 is 5.34. The van der Waals surface area contributed by atoms with E-state index in [1.807, 2.05) is 38.2 Å². The molecule has 1 amide bonds. The molecular weight excluding hydrogens is 272 g/mol. The smallest absolute Gasteiger partial charge is 0.273 e. The van der Waals surface area contributed by atoms with E-state index >= 15 is 0 Å². The summed E-state index contributed by atoms with van der Waals surface area (Å²) in [4.78, 5) is 18.0. The molecule has 0 bridgehead atoms. The zero-order valence-electron chi connectivity index (χ0n) is 11.9. The van der Waals surface area contributed by atoms with Gasteiger partial charge in [0.05, 0.1) is 12.6 Å². The summed E-state index contributed by atoms with van der Waals surface area (Å²) >= 11 is 1.43. The third-order valence-corrected chi connectivity index (χ3v) is 3.93. The Morgan fingerprint density at radius 1 is 1.45 bits per heavy atom. The number of carbonyl (C=O) groups is 1. The van der Waals surface area contributed by atoms with Crippen LogP contribution in [0.2, 0.25) is 0 Å². The molecule has 0 aliphatic carbocycles. The Labute approximate surface area is 123 Å². The summed E-state index contributed by atoms with van der Waals surface area (Å²) in [5, 5.41) is 1.77. The van der Waals surface area contributed by atoms with Gasteiger partial charge in [-0.3, -0.25) is 4.79 Å². The van der Waals surface area contributed by atoms with Gasteiger partial charge in [-0.1, -0.05) is 18.2 Å². The molecule has 20 heavy (non-hydrogen) atoms. The molecule has 4 nitrogen and oxygen atoms in total. The van der Waals surface area contributed by atoms with Gasteiger partial charge < -0.3 is 9.64 Å². The number of para-hydroxylation sites is 1. The van der Waals surface area contributed by atoms with E-state index in [1.165, 1.54) is 11.3 Å². The predicted octanol–water partition coefficient (Wildman–Crippen LogP) is 2.85. The van der Waals surface area contributed by atoms with Crippen LogP contribution in [0.25, 0.3) is 0 Å². The van der Waals surface area contributed by atoms with E-state index < -0.39 is 0 Å². The molecule has 0 N–H and O–H groups in total. The molecule has 2 rings (SSSR count). The maximum atomic E-state index is 12.2. The fraction of sp³-hybridized carbons (Fsp3) is 0.333. The van der Waals surface area contributed by atoms with E-state index in [0.29, 0.717) is 5.69 Å². The number of likely N-dealkylation sites (N-methyl/N-ethyl adjacent to an activating group) is 1. The van der Waals surface area contributed by atoms with Crippen LogP contribution in [-0.4, -0.2) is 36.0 Å². The molecule has 0 spiro atoms. The molecule has 1 atom stereocenters. The van der Waals surface area contributed by atoms with Gasteiger partial charge in [-0.05, 0) is 25.0 Å². The second-order valence-corrected chi connectivity index (χ2v) is 5.37. The summed E-state index contributed by atoms with van der Waals surface area (Å²) in [6.45, 7) is 2.02.